The molecule has 180 valence electrons. The molecule has 6 nitrogen and oxygen atoms in total. The van der Waals surface area contributed by atoms with Crippen molar-refractivity contribution in [2.24, 2.45) is 10.4 Å². The number of hydrogen-bond donors (Lipinski definition) is 2. The summed E-state index contributed by atoms with van der Waals surface area (Å²) in [5, 5.41) is 7.32. The van der Waals surface area contributed by atoms with Crippen molar-refractivity contribution in [2.45, 2.75) is 136 Å². The Balaban J connectivity index is 1.90. The predicted octanol–water partition coefficient (Wildman–Crippen LogP) is 5.99. The maximum atomic E-state index is 5.36. The molecule has 0 aromatic carbocycles. The van der Waals surface area contributed by atoms with Gasteiger partial charge in [-0.3, -0.25) is 4.99 Å². The molecular weight excluding hydrogens is 396 g/mol. The molecule has 1 atom stereocenters. The van der Waals surface area contributed by atoms with Gasteiger partial charge in [0.15, 0.2) is 5.82 Å². The van der Waals surface area contributed by atoms with E-state index in [0.717, 1.165) is 50.2 Å². The summed E-state index contributed by atoms with van der Waals surface area (Å²) in [7, 11) is 0. The Morgan fingerprint density at radius 3 is 2.19 bits per heavy atom. The van der Waals surface area contributed by atoms with E-state index in [9.17, 15) is 0 Å². The predicted molar refractivity (Wildman–Crippen MR) is 135 cm³/mol. The van der Waals surface area contributed by atoms with Gasteiger partial charge in [-0.05, 0) is 65.2 Å². The monoisotopic (exact) mass is 442 g/mol. The molecule has 2 aliphatic rings. The first-order chi connectivity index (χ1) is 14.6. The third-order valence-electron chi connectivity index (χ3n) is 6.40. The molecule has 0 spiro atoms. The molecule has 2 bridgehead atoms. The second-order valence-corrected chi connectivity index (χ2v) is 13.2. The van der Waals surface area contributed by atoms with E-state index in [4.69, 9.17) is 15.0 Å². The Labute approximate surface area is 195 Å². The van der Waals surface area contributed by atoms with Crippen molar-refractivity contribution in [1.82, 2.24) is 20.3 Å². The maximum Gasteiger partial charge on any atom is 0.227 e. The van der Waals surface area contributed by atoms with Gasteiger partial charge in [0, 0.05) is 22.2 Å². The van der Waals surface area contributed by atoms with Crippen LogP contribution >= 0.6 is 0 Å². The van der Waals surface area contributed by atoms with E-state index < -0.39 is 0 Å². The third-order valence-corrected chi connectivity index (χ3v) is 6.40. The Hall–Kier alpha value is -1.56. The fourth-order valence-electron chi connectivity index (χ4n) is 5.96. The van der Waals surface area contributed by atoms with Gasteiger partial charge < -0.3 is 10.6 Å². The molecule has 0 radical (unpaired) electrons. The number of nitrogens with one attached hydrogen (secondary N) is 2. The number of aromatic nitrogens is 3. The van der Waals surface area contributed by atoms with Gasteiger partial charge in [-0.1, -0.05) is 48.0 Å². The number of nitrogens with zero attached hydrogens (tertiary/aromatic N) is 4. The SMILES string of the molecule is CCCCC(=NC1CC(C)(C)NC(C)(C)C1)C1Nc2nc1nc(C(C)(C)CC(C)(C)C)n2. The van der Waals surface area contributed by atoms with Gasteiger partial charge in [0.05, 0.1) is 6.04 Å². The molecule has 1 aromatic heterocycles. The van der Waals surface area contributed by atoms with Crippen LogP contribution in [-0.2, 0) is 5.41 Å². The molecular formula is C26H46N6. The average molecular weight is 443 g/mol. The van der Waals surface area contributed by atoms with Crippen molar-refractivity contribution in [3.05, 3.63) is 11.6 Å². The molecule has 1 fully saturated rings. The minimum absolute atomic E-state index is 0.0515. The van der Waals surface area contributed by atoms with Gasteiger partial charge in [0.25, 0.3) is 0 Å². The van der Waals surface area contributed by atoms with Gasteiger partial charge in [-0.2, -0.15) is 9.97 Å². The number of rotatable bonds is 7. The summed E-state index contributed by atoms with van der Waals surface area (Å²) in [6.45, 7) is 22.7. The Morgan fingerprint density at radius 2 is 1.62 bits per heavy atom. The summed E-state index contributed by atoms with van der Waals surface area (Å²) in [4.78, 5) is 19.8. The van der Waals surface area contributed by atoms with E-state index in [1.807, 2.05) is 0 Å². The summed E-state index contributed by atoms with van der Waals surface area (Å²) in [6, 6.07) is 0.253. The third kappa shape index (κ3) is 6.27. The number of unbranched alkanes of at least 4 members (excludes halogenated alkanes) is 1. The summed E-state index contributed by atoms with van der Waals surface area (Å²) in [5.41, 5.74) is 1.45. The number of aliphatic imine (C=N–C) groups is 1. The smallest absolute Gasteiger partial charge is 0.227 e. The molecule has 6 heteroatoms. The van der Waals surface area contributed by atoms with Crippen molar-refractivity contribution in [3.63, 3.8) is 0 Å². The van der Waals surface area contributed by atoms with E-state index >= 15 is 0 Å². The zero-order valence-corrected chi connectivity index (χ0v) is 22.2. The van der Waals surface area contributed by atoms with E-state index in [1.54, 1.807) is 0 Å². The number of fused-ring (bicyclic) bond motifs is 2. The van der Waals surface area contributed by atoms with Crippen molar-refractivity contribution < 1.29 is 0 Å². The topological polar surface area (TPSA) is 75.1 Å². The first-order valence-corrected chi connectivity index (χ1v) is 12.5. The van der Waals surface area contributed by atoms with Crippen LogP contribution in [0.2, 0.25) is 0 Å². The van der Waals surface area contributed by atoms with Crippen molar-refractivity contribution in [2.75, 3.05) is 5.32 Å². The fraction of sp³-hybridized carbons (Fsp3) is 0.846. The van der Waals surface area contributed by atoms with E-state index in [1.165, 1.54) is 5.71 Å². The molecule has 3 rings (SSSR count). The molecule has 2 N–H and O–H groups in total. The average Bonchev–Trinajstić information content (AvgIpc) is 2.87. The van der Waals surface area contributed by atoms with E-state index in [-0.39, 0.29) is 27.9 Å². The highest BCUT2D eigenvalue weighted by Crippen LogP contribution is 2.37. The van der Waals surface area contributed by atoms with Gasteiger partial charge in [0.2, 0.25) is 5.95 Å². The Bertz CT molecular complexity index is 830. The highest BCUT2D eigenvalue weighted by atomic mass is 15.3. The molecule has 0 saturated carbocycles. The summed E-state index contributed by atoms with van der Waals surface area (Å²) >= 11 is 0. The summed E-state index contributed by atoms with van der Waals surface area (Å²) in [6.07, 6.45) is 6.35. The minimum Gasteiger partial charge on any atom is -0.339 e. The second-order valence-electron chi connectivity index (χ2n) is 13.2. The van der Waals surface area contributed by atoms with Crippen LogP contribution in [0.5, 0.6) is 0 Å². The number of hydrogen-bond acceptors (Lipinski definition) is 6. The van der Waals surface area contributed by atoms with Crippen LogP contribution in [0.25, 0.3) is 0 Å². The van der Waals surface area contributed by atoms with E-state index in [2.05, 4.69) is 84.9 Å². The lowest BCUT2D eigenvalue weighted by Gasteiger charge is -2.45. The summed E-state index contributed by atoms with van der Waals surface area (Å²) in [5.74, 6) is 2.43. The van der Waals surface area contributed by atoms with Crippen molar-refractivity contribution >= 4 is 11.7 Å². The minimum atomic E-state index is -0.106. The quantitative estimate of drug-likeness (QED) is 0.507. The van der Waals surface area contributed by atoms with Gasteiger partial charge in [-0.15, -0.1) is 0 Å². The zero-order valence-electron chi connectivity index (χ0n) is 22.2. The van der Waals surface area contributed by atoms with Crippen LogP contribution in [0.1, 0.15) is 125 Å². The van der Waals surface area contributed by atoms with Gasteiger partial charge in [0.1, 0.15) is 11.9 Å². The largest absolute Gasteiger partial charge is 0.339 e. The second kappa shape index (κ2) is 8.66. The van der Waals surface area contributed by atoms with Crippen LogP contribution in [-0.4, -0.2) is 37.8 Å². The van der Waals surface area contributed by atoms with Crippen LogP contribution in [0.3, 0.4) is 0 Å². The summed E-state index contributed by atoms with van der Waals surface area (Å²) < 4.78 is 0. The highest BCUT2D eigenvalue weighted by molar-refractivity contribution is 5.93. The van der Waals surface area contributed by atoms with Crippen LogP contribution < -0.4 is 10.6 Å². The molecule has 1 aromatic rings. The molecule has 0 aliphatic carbocycles. The van der Waals surface area contributed by atoms with Crippen LogP contribution in [0.4, 0.5) is 5.95 Å². The molecule has 32 heavy (non-hydrogen) atoms. The van der Waals surface area contributed by atoms with Gasteiger partial charge >= 0.3 is 0 Å². The lowest BCUT2D eigenvalue weighted by Crippen LogP contribution is -2.59. The van der Waals surface area contributed by atoms with Crippen molar-refractivity contribution in [3.8, 4) is 0 Å². The number of anilines is 1. The van der Waals surface area contributed by atoms with Crippen LogP contribution in [0.15, 0.2) is 4.99 Å². The van der Waals surface area contributed by atoms with Crippen LogP contribution in [0, 0.1) is 5.41 Å². The first kappa shape index (κ1) is 25.1. The first-order valence-electron chi connectivity index (χ1n) is 12.5. The molecule has 3 heterocycles. The lowest BCUT2D eigenvalue weighted by atomic mass is 9.76. The maximum absolute atomic E-state index is 5.36. The Morgan fingerprint density at radius 1 is 1.00 bits per heavy atom. The molecule has 1 saturated heterocycles. The standard InChI is InChI=1S/C26H46N6/c1-11-12-13-18(27-17-14-25(7,8)32-26(9,10)15-17)19-20-29-21(31-22(28-19)30-20)24(5,6)16-23(2,3)4/h17,19,32H,11-16H2,1-10H3,(H,28,29,30,31). The number of piperidine rings is 1. The zero-order chi connectivity index (χ0) is 23.9. The van der Waals surface area contributed by atoms with E-state index in [0.29, 0.717) is 12.0 Å². The van der Waals surface area contributed by atoms with Crippen molar-refractivity contribution in [1.29, 1.82) is 0 Å². The fourth-order valence-corrected chi connectivity index (χ4v) is 5.96. The van der Waals surface area contributed by atoms with Gasteiger partial charge in [-0.25, -0.2) is 4.98 Å². The molecule has 1 unspecified atom stereocenters. The molecule has 0 amide bonds. The normalized spacial score (nSPS) is 23.3. The Kier molecular flexibility index (Phi) is 6.78. The molecule has 2 aliphatic heterocycles. The highest BCUT2D eigenvalue weighted by Gasteiger charge is 2.39. The lowest BCUT2D eigenvalue weighted by molar-refractivity contribution is 0.164.